The van der Waals surface area contributed by atoms with Crippen LogP contribution in [0, 0.1) is 0 Å². The highest BCUT2D eigenvalue weighted by molar-refractivity contribution is 5.33. The third kappa shape index (κ3) is 5.45. The lowest BCUT2D eigenvalue weighted by atomic mass is 10.1. The van der Waals surface area contributed by atoms with Gasteiger partial charge in [0.2, 0.25) is 0 Å². The smallest absolute Gasteiger partial charge is 0.387 e. The Labute approximate surface area is 107 Å². The molecule has 1 aromatic rings. The summed E-state index contributed by atoms with van der Waals surface area (Å²) in [5.41, 5.74) is 0.765. The predicted octanol–water partition coefficient (Wildman–Crippen LogP) is 3.96. The number of hydrogen-bond acceptors (Lipinski definition) is 2. The Morgan fingerprint density at radius 1 is 1.28 bits per heavy atom. The molecule has 102 valence electrons. The largest absolute Gasteiger partial charge is 0.434 e. The summed E-state index contributed by atoms with van der Waals surface area (Å²) >= 11 is 0. The van der Waals surface area contributed by atoms with Gasteiger partial charge in [-0.2, -0.15) is 8.78 Å². The summed E-state index contributed by atoms with van der Waals surface area (Å²) in [6, 6.07) is 7.27. The first-order chi connectivity index (χ1) is 8.63. The number of ether oxygens (including phenoxy) is 1. The SMILES string of the molecule is CCCCC(C)NCc1ccccc1OC(F)F. The molecular weight excluding hydrogens is 236 g/mol. The van der Waals surface area contributed by atoms with Crippen LogP contribution in [-0.2, 0) is 6.54 Å². The molecule has 1 aromatic carbocycles. The molecule has 0 aromatic heterocycles. The van der Waals surface area contributed by atoms with E-state index in [2.05, 4.69) is 23.9 Å². The molecule has 0 aliphatic rings. The summed E-state index contributed by atoms with van der Waals surface area (Å²) < 4.78 is 28.9. The van der Waals surface area contributed by atoms with Gasteiger partial charge in [-0.3, -0.25) is 0 Å². The first kappa shape index (κ1) is 14.9. The van der Waals surface area contributed by atoms with Gasteiger partial charge in [-0.25, -0.2) is 0 Å². The number of benzene rings is 1. The van der Waals surface area contributed by atoms with Crippen molar-refractivity contribution in [3.63, 3.8) is 0 Å². The maximum atomic E-state index is 12.2. The minimum Gasteiger partial charge on any atom is -0.434 e. The molecule has 1 rings (SSSR count). The van der Waals surface area contributed by atoms with E-state index in [0.29, 0.717) is 12.6 Å². The number of alkyl halides is 2. The van der Waals surface area contributed by atoms with Crippen LogP contribution >= 0.6 is 0 Å². The summed E-state index contributed by atoms with van der Waals surface area (Å²) in [5, 5.41) is 3.32. The molecule has 0 bridgehead atoms. The second kappa shape index (κ2) is 8.03. The highest BCUT2D eigenvalue weighted by atomic mass is 19.3. The van der Waals surface area contributed by atoms with Crippen molar-refractivity contribution in [3.05, 3.63) is 29.8 Å². The Balaban J connectivity index is 2.50. The molecule has 0 spiro atoms. The Kier molecular flexibility index (Phi) is 6.65. The van der Waals surface area contributed by atoms with E-state index in [0.717, 1.165) is 18.4 Å². The summed E-state index contributed by atoms with van der Waals surface area (Å²) in [5.74, 6) is 0.252. The number of para-hydroxylation sites is 1. The van der Waals surface area contributed by atoms with Gasteiger partial charge in [0.15, 0.2) is 0 Å². The lowest BCUT2D eigenvalue weighted by Crippen LogP contribution is -2.25. The van der Waals surface area contributed by atoms with E-state index in [1.807, 2.05) is 6.07 Å². The zero-order chi connectivity index (χ0) is 13.4. The lowest BCUT2D eigenvalue weighted by molar-refractivity contribution is -0.0505. The Bertz CT molecular complexity index is 344. The molecule has 0 amide bonds. The molecule has 4 heteroatoms. The number of nitrogens with one attached hydrogen (secondary N) is 1. The monoisotopic (exact) mass is 257 g/mol. The summed E-state index contributed by atoms with van der Waals surface area (Å²) in [6.45, 7) is 2.03. The van der Waals surface area contributed by atoms with Crippen LogP contribution in [0.15, 0.2) is 24.3 Å². The van der Waals surface area contributed by atoms with E-state index in [1.165, 1.54) is 6.42 Å². The average molecular weight is 257 g/mol. The topological polar surface area (TPSA) is 21.3 Å². The molecule has 2 nitrogen and oxygen atoms in total. The van der Waals surface area contributed by atoms with E-state index >= 15 is 0 Å². The van der Waals surface area contributed by atoms with Gasteiger partial charge in [0.05, 0.1) is 0 Å². The molecule has 0 fully saturated rings. The number of hydrogen-bond donors (Lipinski definition) is 1. The van der Waals surface area contributed by atoms with Crippen LogP contribution in [0.25, 0.3) is 0 Å². The van der Waals surface area contributed by atoms with Crippen molar-refractivity contribution in [1.82, 2.24) is 5.32 Å². The van der Waals surface area contributed by atoms with Crippen molar-refractivity contribution in [2.75, 3.05) is 0 Å². The van der Waals surface area contributed by atoms with E-state index in [9.17, 15) is 8.78 Å². The molecule has 0 aliphatic heterocycles. The molecular formula is C14H21F2NO. The van der Waals surface area contributed by atoms with Crippen LogP contribution in [0.1, 0.15) is 38.7 Å². The van der Waals surface area contributed by atoms with Gasteiger partial charge in [-0.15, -0.1) is 0 Å². The molecule has 0 heterocycles. The predicted molar refractivity (Wildman–Crippen MR) is 68.9 cm³/mol. The quantitative estimate of drug-likeness (QED) is 0.761. The number of unbranched alkanes of at least 4 members (excludes halogenated alkanes) is 1. The van der Waals surface area contributed by atoms with Crippen LogP contribution in [-0.4, -0.2) is 12.7 Å². The maximum absolute atomic E-state index is 12.2. The Morgan fingerprint density at radius 3 is 2.67 bits per heavy atom. The third-order valence-corrected chi connectivity index (χ3v) is 2.82. The van der Waals surface area contributed by atoms with E-state index in [1.54, 1.807) is 18.2 Å². The van der Waals surface area contributed by atoms with Crippen LogP contribution in [0.2, 0.25) is 0 Å². The third-order valence-electron chi connectivity index (χ3n) is 2.82. The molecule has 1 atom stereocenters. The van der Waals surface area contributed by atoms with E-state index < -0.39 is 6.61 Å². The second-order valence-electron chi connectivity index (χ2n) is 4.41. The van der Waals surface area contributed by atoms with Crippen molar-refractivity contribution < 1.29 is 13.5 Å². The molecule has 0 saturated heterocycles. The zero-order valence-electron chi connectivity index (χ0n) is 11.0. The van der Waals surface area contributed by atoms with Crippen LogP contribution < -0.4 is 10.1 Å². The van der Waals surface area contributed by atoms with Crippen molar-refractivity contribution in [2.45, 2.75) is 52.3 Å². The normalized spacial score (nSPS) is 12.7. The Morgan fingerprint density at radius 2 is 2.00 bits per heavy atom. The Hall–Kier alpha value is -1.16. The van der Waals surface area contributed by atoms with Crippen molar-refractivity contribution in [2.24, 2.45) is 0 Å². The molecule has 0 aliphatic carbocycles. The first-order valence-electron chi connectivity index (χ1n) is 6.39. The van der Waals surface area contributed by atoms with Crippen molar-refractivity contribution >= 4 is 0 Å². The highest BCUT2D eigenvalue weighted by Gasteiger charge is 2.09. The van der Waals surface area contributed by atoms with Gasteiger partial charge in [-0.05, 0) is 19.4 Å². The summed E-state index contributed by atoms with van der Waals surface area (Å²) in [6.07, 6.45) is 3.43. The molecule has 1 N–H and O–H groups in total. The number of halogens is 2. The first-order valence-corrected chi connectivity index (χ1v) is 6.39. The fourth-order valence-electron chi connectivity index (χ4n) is 1.76. The highest BCUT2D eigenvalue weighted by Crippen LogP contribution is 2.20. The summed E-state index contributed by atoms with van der Waals surface area (Å²) in [4.78, 5) is 0. The molecule has 0 saturated carbocycles. The van der Waals surface area contributed by atoms with Crippen molar-refractivity contribution in [1.29, 1.82) is 0 Å². The van der Waals surface area contributed by atoms with Crippen molar-refractivity contribution in [3.8, 4) is 5.75 Å². The van der Waals surface area contributed by atoms with Gasteiger partial charge < -0.3 is 10.1 Å². The van der Waals surface area contributed by atoms with Gasteiger partial charge >= 0.3 is 6.61 Å². The van der Waals surface area contributed by atoms with Gasteiger partial charge in [0.1, 0.15) is 5.75 Å². The van der Waals surface area contributed by atoms with Gasteiger partial charge in [0, 0.05) is 18.2 Å². The van der Waals surface area contributed by atoms with E-state index in [4.69, 9.17) is 0 Å². The van der Waals surface area contributed by atoms with Crippen LogP contribution in [0.3, 0.4) is 0 Å². The lowest BCUT2D eigenvalue weighted by Gasteiger charge is -2.15. The zero-order valence-corrected chi connectivity index (χ0v) is 11.0. The summed E-state index contributed by atoms with van der Waals surface area (Å²) in [7, 11) is 0. The minimum absolute atomic E-state index is 0.252. The standard InChI is InChI=1S/C14H21F2NO/c1-3-4-7-11(2)17-10-12-8-5-6-9-13(12)18-14(15)16/h5-6,8-9,11,14,17H,3-4,7,10H2,1-2H3. The molecule has 1 unspecified atom stereocenters. The number of rotatable bonds is 8. The van der Waals surface area contributed by atoms with Crippen LogP contribution in [0.4, 0.5) is 8.78 Å². The second-order valence-corrected chi connectivity index (χ2v) is 4.41. The fourth-order valence-corrected chi connectivity index (χ4v) is 1.76. The van der Waals surface area contributed by atoms with Crippen LogP contribution in [0.5, 0.6) is 5.75 Å². The van der Waals surface area contributed by atoms with Gasteiger partial charge in [-0.1, -0.05) is 38.0 Å². The average Bonchev–Trinajstić information content (AvgIpc) is 2.34. The minimum atomic E-state index is -2.77. The van der Waals surface area contributed by atoms with E-state index in [-0.39, 0.29) is 5.75 Å². The fraction of sp³-hybridized carbons (Fsp3) is 0.571. The molecule has 18 heavy (non-hydrogen) atoms. The molecule has 0 radical (unpaired) electrons. The maximum Gasteiger partial charge on any atom is 0.387 e. The van der Waals surface area contributed by atoms with Gasteiger partial charge in [0.25, 0.3) is 0 Å².